The van der Waals surface area contributed by atoms with Crippen LogP contribution in [0.15, 0.2) is 12.4 Å². The lowest BCUT2D eigenvalue weighted by atomic mass is 9.98. The summed E-state index contributed by atoms with van der Waals surface area (Å²) in [5, 5.41) is 3.55. The quantitative estimate of drug-likeness (QED) is 0.769. The Balaban J connectivity index is 2.30. The van der Waals surface area contributed by atoms with E-state index in [0.717, 1.165) is 13.0 Å². The molecule has 1 unspecified atom stereocenters. The first kappa shape index (κ1) is 13.2. The van der Waals surface area contributed by atoms with E-state index in [1.54, 1.807) is 0 Å². The minimum atomic E-state index is 0.644. The zero-order valence-corrected chi connectivity index (χ0v) is 11.0. The highest BCUT2D eigenvalue weighted by Crippen LogP contribution is 2.10. The van der Waals surface area contributed by atoms with Gasteiger partial charge in [0.05, 0.1) is 0 Å². The third-order valence-corrected chi connectivity index (χ3v) is 3.11. The third-order valence-electron chi connectivity index (χ3n) is 3.11. The highest BCUT2D eigenvalue weighted by molar-refractivity contribution is 4.91. The van der Waals surface area contributed by atoms with Crippen molar-refractivity contribution in [1.29, 1.82) is 0 Å². The van der Waals surface area contributed by atoms with Crippen molar-refractivity contribution in [2.75, 3.05) is 6.54 Å². The normalized spacial score (nSPS) is 13.3. The molecule has 0 radical (unpaired) electrons. The Kier molecular flexibility index (Phi) is 5.53. The molecular weight excluding hydrogens is 198 g/mol. The van der Waals surface area contributed by atoms with Crippen molar-refractivity contribution in [3.8, 4) is 0 Å². The molecule has 1 aromatic heterocycles. The van der Waals surface area contributed by atoms with Gasteiger partial charge in [-0.2, -0.15) is 0 Å². The first-order valence-electron chi connectivity index (χ1n) is 6.34. The first-order valence-corrected chi connectivity index (χ1v) is 6.34. The van der Waals surface area contributed by atoms with Crippen molar-refractivity contribution in [2.24, 2.45) is 13.0 Å². The fraction of sp³-hybridized carbons (Fsp3) is 0.769. The summed E-state index contributed by atoms with van der Waals surface area (Å²) < 4.78 is 2.11. The van der Waals surface area contributed by atoms with Crippen molar-refractivity contribution in [3.63, 3.8) is 0 Å². The van der Waals surface area contributed by atoms with E-state index in [1.165, 1.54) is 18.7 Å². The van der Waals surface area contributed by atoms with Crippen LogP contribution in [0.25, 0.3) is 0 Å². The minimum absolute atomic E-state index is 0.644. The van der Waals surface area contributed by atoms with Crippen molar-refractivity contribution in [1.82, 2.24) is 14.9 Å². The molecule has 0 saturated carbocycles. The second kappa shape index (κ2) is 6.69. The maximum atomic E-state index is 4.35. The van der Waals surface area contributed by atoms with E-state index in [0.29, 0.717) is 12.0 Å². The van der Waals surface area contributed by atoms with E-state index in [4.69, 9.17) is 0 Å². The summed E-state index contributed by atoms with van der Waals surface area (Å²) in [4.78, 5) is 4.35. The molecule has 0 aliphatic rings. The molecule has 0 aliphatic carbocycles. The molecule has 0 bridgehead atoms. The second-order valence-corrected chi connectivity index (χ2v) is 4.75. The first-order chi connectivity index (χ1) is 7.65. The van der Waals surface area contributed by atoms with Gasteiger partial charge < -0.3 is 9.88 Å². The summed E-state index contributed by atoms with van der Waals surface area (Å²) in [6, 6.07) is 0.644. The van der Waals surface area contributed by atoms with Gasteiger partial charge in [0, 0.05) is 31.9 Å². The van der Waals surface area contributed by atoms with Crippen LogP contribution in [0.5, 0.6) is 0 Å². The standard InChI is InChI=1S/C13H25N3/c1-5-14-12(11(2)3)7-6-8-13-15-9-10-16(13)4/h9-12,14H,5-8H2,1-4H3. The molecule has 3 heteroatoms. The Morgan fingerprint density at radius 3 is 2.69 bits per heavy atom. The number of hydrogen-bond acceptors (Lipinski definition) is 2. The van der Waals surface area contributed by atoms with Gasteiger partial charge in [-0.15, -0.1) is 0 Å². The fourth-order valence-corrected chi connectivity index (χ4v) is 2.05. The predicted molar refractivity (Wildman–Crippen MR) is 68.4 cm³/mol. The summed E-state index contributed by atoms with van der Waals surface area (Å²) in [6.45, 7) is 7.81. The van der Waals surface area contributed by atoms with Crippen LogP contribution in [-0.4, -0.2) is 22.1 Å². The highest BCUT2D eigenvalue weighted by atomic mass is 15.0. The van der Waals surface area contributed by atoms with E-state index in [1.807, 2.05) is 12.4 Å². The molecular formula is C13H25N3. The van der Waals surface area contributed by atoms with Crippen LogP contribution in [-0.2, 0) is 13.5 Å². The monoisotopic (exact) mass is 223 g/mol. The Hall–Kier alpha value is -0.830. The number of nitrogens with one attached hydrogen (secondary N) is 1. The topological polar surface area (TPSA) is 29.9 Å². The Bertz CT molecular complexity index is 291. The van der Waals surface area contributed by atoms with Gasteiger partial charge in [0.2, 0.25) is 0 Å². The number of aromatic nitrogens is 2. The van der Waals surface area contributed by atoms with Gasteiger partial charge in [-0.05, 0) is 25.3 Å². The average Bonchev–Trinajstić information content (AvgIpc) is 2.63. The maximum absolute atomic E-state index is 4.35. The zero-order chi connectivity index (χ0) is 12.0. The predicted octanol–water partition coefficient (Wildman–Crippen LogP) is 2.38. The van der Waals surface area contributed by atoms with Gasteiger partial charge in [0.1, 0.15) is 5.82 Å². The van der Waals surface area contributed by atoms with Crippen molar-refractivity contribution in [3.05, 3.63) is 18.2 Å². The van der Waals surface area contributed by atoms with Crippen molar-refractivity contribution >= 4 is 0 Å². The molecule has 1 atom stereocenters. The molecule has 1 rings (SSSR count). The van der Waals surface area contributed by atoms with Crippen LogP contribution in [0.1, 0.15) is 39.4 Å². The summed E-state index contributed by atoms with van der Waals surface area (Å²) in [5.74, 6) is 1.90. The lowest BCUT2D eigenvalue weighted by Gasteiger charge is -2.21. The average molecular weight is 223 g/mol. The van der Waals surface area contributed by atoms with Gasteiger partial charge in [-0.25, -0.2) is 4.98 Å². The molecule has 0 aromatic carbocycles. The molecule has 0 amide bonds. The van der Waals surface area contributed by atoms with E-state index >= 15 is 0 Å². The molecule has 1 aromatic rings. The number of aryl methyl sites for hydroxylation is 2. The van der Waals surface area contributed by atoms with Crippen LogP contribution in [0.3, 0.4) is 0 Å². The van der Waals surface area contributed by atoms with Gasteiger partial charge in [-0.3, -0.25) is 0 Å². The zero-order valence-electron chi connectivity index (χ0n) is 11.0. The van der Waals surface area contributed by atoms with E-state index in [9.17, 15) is 0 Å². The maximum Gasteiger partial charge on any atom is 0.108 e. The summed E-state index contributed by atoms with van der Waals surface area (Å²) in [5.41, 5.74) is 0. The number of rotatable bonds is 7. The SMILES string of the molecule is CCNC(CCCc1nccn1C)C(C)C. The van der Waals surface area contributed by atoms with Gasteiger partial charge in [0.15, 0.2) is 0 Å². The van der Waals surface area contributed by atoms with Crippen LogP contribution in [0, 0.1) is 5.92 Å². The number of nitrogens with zero attached hydrogens (tertiary/aromatic N) is 2. The lowest BCUT2D eigenvalue weighted by molar-refractivity contribution is 0.375. The molecule has 16 heavy (non-hydrogen) atoms. The Morgan fingerprint density at radius 1 is 1.44 bits per heavy atom. The van der Waals surface area contributed by atoms with Crippen LogP contribution >= 0.6 is 0 Å². The molecule has 0 saturated heterocycles. The summed E-state index contributed by atoms with van der Waals surface area (Å²) in [7, 11) is 2.06. The fourth-order valence-electron chi connectivity index (χ4n) is 2.05. The van der Waals surface area contributed by atoms with E-state index < -0.39 is 0 Å². The Labute approximate surface area is 99.3 Å². The largest absolute Gasteiger partial charge is 0.338 e. The van der Waals surface area contributed by atoms with Gasteiger partial charge in [-0.1, -0.05) is 20.8 Å². The van der Waals surface area contributed by atoms with Gasteiger partial charge in [0.25, 0.3) is 0 Å². The van der Waals surface area contributed by atoms with E-state index in [-0.39, 0.29) is 0 Å². The van der Waals surface area contributed by atoms with Crippen molar-refractivity contribution in [2.45, 2.75) is 46.1 Å². The minimum Gasteiger partial charge on any atom is -0.338 e. The number of imidazole rings is 1. The molecule has 92 valence electrons. The molecule has 1 N–H and O–H groups in total. The third kappa shape index (κ3) is 3.97. The second-order valence-electron chi connectivity index (χ2n) is 4.75. The van der Waals surface area contributed by atoms with Gasteiger partial charge >= 0.3 is 0 Å². The van der Waals surface area contributed by atoms with Crippen LogP contribution < -0.4 is 5.32 Å². The molecule has 0 aliphatic heterocycles. The highest BCUT2D eigenvalue weighted by Gasteiger charge is 2.11. The lowest BCUT2D eigenvalue weighted by Crippen LogP contribution is -2.33. The Morgan fingerprint density at radius 2 is 2.19 bits per heavy atom. The van der Waals surface area contributed by atoms with Crippen LogP contribution in [0.2, 0.25) is 0 Å². The van der Waals surface area contributed by atoms with Crippen LogP contribution in [0.4, 0.5) is 0 Å². The molecule has 3 nitrogen and oxygen atoms in total. The number of hydrogen-bond donors (Lipinski definition) is 1. The summed E-state index contributed by atoms with van der Waals surface area (Å²) >= 11 is 0. The smallest absolute Gasteiger partial charge is 0.108 e. The molecule has 0 fully saturated rings. The van der Waals surface area contributed by atoms with Crippen molar-refractivity contribution < 1.29 is 0 Å². The molecule has 0 spiro atoms. The van der Waals surface area contributed by atoms with E-state index in [2.05, 4.69) is 42.7 Å². The summed E-state index contributed by atoms with van der Waals surface area (Å²) in [6.07, 6.45) is 7.41. The molecule has 1 heterocycles.